The van der Waals surface area contributed by atoms with E-state index < -0.39 is 11.9 Å². The van der Waals surface area contributed by atoms with Crippen LogP contribution in [-0.4, -0.2) is 25.6 Å². The van der Waals surface area contributed by atoms with Crippen molar-refractivity contribution in [2.45, 2.75) is 26.5 Å². The van der Waals surface area contributed by atoms with E-state index in [1.54, 1.807) is 26.1 Å². The van der Waals surface area contributed by atoms with Crippen molar-refractivity contribution in [1.29, 1.82) is 0 Å². The van der Waals surface area contributed by atoms with Gasteiger partial charge in [0.2, 0.25) is 0 Å². The lowest BCUT2D eigenvalue weighted by molar-refractivity contribution is -0.127. The number of ether oxygens (including phenoxy) is 1. The summed E-state index contributed by atoms with van der Waals surface area (Å²) >= 11 is 0. The van der Waals surface area contributed by atoms with Crippen molar-refractivity contribution in [3.8, 4) is 5.75 Å². The van der Waals surface area contributed by atoms with Crippen molar-refractivity contribution in [2.75, 3.05) is 13.6 Å². The quantitative estimate of drug-likeness (QED) is 0.808. The Labute approximate surface area is 107 Å². The van der Waals surface area contributed by atoms with Gasteiger partial charge in [0.25, 0.3) is 5.91 Å². The van der Waals surface area contributed by atoms with E-state index in [1.165, 1.54) is 6.07 Å². The minimum absolute atomic E-state index is 0.130. The molecule has 2 N–H and O–H groups in total. The molecule has 1 aromatic rings. The van der Waals surface area contributed by atoms with Gasteiger partial charge in [0.15, 0.2) is 17.7 Å². The van der Waals surface area contributed by atoms with Crippen molar-refractivity contribution < 1.29 is 13.9 Å². The lowest BCUT2D eigenvalue weighted by Crippen LogP contribution is -2.36. The smallest absolute Gasteiger partial charge is 0.260 e. The Hall–Kier alpha value is -1.62. The van der Waals surface area contributed by atoms with E-state index in [0.29, 0.717) is 18.7 Å². The first-order chi connectivity index (χ1) is 8.60. The highest BCUT2D eigenvalue weighted by atomic mass is 19.1. The molecule has 1 aromatic carbocycles. The molecule has 0 radical (unpaired) electrons. The van der Waals surface area contributed by atoms with Crippen LogP contribution < -0.4 is 15.4 Å². The summed E-state index contributed by atoms with van der Waals surface area (Å²) in [4.78, 5) is 11.6. The molecular formula is C13H19FN2O2. The second-order valence-electron chi connectivity index (χ2n) is 3.91. The van der Waals surface area contributed by atoms with Gasteiger partial charge >= 0.3 is 0 Å². The molecule has 0 saturated carbocycles. The lowest BCUT2D eigenvalue weighted by Gasteiger charge is -2.17. The predicted octanol–water partition coefficient (Wildman–Crippen LogP) is 1.45. The van der Waals surface area contributed by atoms with Crippen LogP contribution >= 0.6 is 0 Å². The van der Waals surface area contributed by atoms with Gasteiger partial charge < -0.3 is 15.4 Å². The Balaban J connectivity index is 2.85. The lowest BCUT2D eigenvalue weighted by atomic mass is 10.2. The van der Waals surface area contributed by atoms with Gasteiger partial charge in [0.1, 0.15) is 0 Å². The fourth-order valence-corrected chi connectivity index (χ4v) is 1.56. The number of carbonyl (C=O) groups excluding carboxylic acids is 1. The first kappa shape index (κ1) is 14.4. The van der Waals surface area contributed by atoms with Crippen LogP contribution in [0.5, 0.6) is 5.75 Å². The van der Waals surface area contributed by atoms with Gasteiger partial charge in [-0.15, -0.1) is 0 Å². The molecule has 0 aliphatic carbocycles. The zero-order valence-electron chi connectivity index (χ0n) is 10.9. The van der Waals surface area contributed by atoms with Gasteiger partial charge in [-0.3, -0.25) is 4.79 Å². The predicted molar refractivity (Wildman–Crippen MR) is 67.9 cm³/mol. The van der Waals surface area contributed by atoms with E-state index >= 15 is 0 Å². The van der Waals surface area contributed by atoms with Crippen LogP contribution in [0.4, 0.5) is 4.39 Å². The molecule has 0 aromatic heterocycles. The number of para-hydroxylation sites is 1. The van der Waals surface area contributed by atoms with Crippen LogP contribution in [0.2, 0.25) is 0 Å². The molecule has 0 bridgehead atoms. The number of amides is 1. The Bertz CT molecular complexity index is 410. The molecule has 5 heteroatoms. The monoisotopic (exact) mass is 254 g/mol. The van der Waals surface area contributed by atoms with Crippen LogP contribution in [0, 0.1) is 5.82 Å². The Morgan fingerprint density at radius 1 is 1.50 bits per heavy atom. The molecule has 1 unspecified atom stereocenters. The molecule has 1 atom stereocenters. The summed E-state index contributed by atoms with van der Waals surface area (Å²) in [5.41, 5.74) is 0.689. The number of hydrogen-bond donors (Lipinski definition) is 2. The van der Waals surface area contributed by atoms with Crippen molar-refractivity contribution >= 4 is 5.91 Å². The molecule has 4 nitrogen and oxygen atoms in total. The van der Waals surface area contributed by atoms with E-state index in [-0.39, 0.29) is 11.7 Å². The van der Waals surface area contributed by atoms with E-state index in [0.717, 1.165) is 0 Å². The van der Waals surface area contributed by atoms with Crippen LogP contribution in [0.1, 0.15) is 19.4 Å². The second kappa shape index (κ2) is 6.96. The van der Waals surface area contributed by atoms with Crippen molar-refractivity contribution in [3.05, 3.63) is 29.6 Å². The summed E-state index contributed by atoms with van der Waals surface area (Å²) in [6.07, 6.45) is -0.725. The van der Waals surface area contributed by atoms with Gasteiger partial charge in [-0.2, -0.15) is 0 Å². The zero-order valence-corrected chi connectivity index (χ0v) is 10.9. The topological polar surface area (TPSA) is 50.4 Å². The first-order valence-electron chi connectivity index (χ1n) is 5.96. The normalized spacial score (nSPS) is 12.0. The van der Waals surface area contributed by atoms with Gasteiger partial charge in [-0.25, -0.2) is 4.39 Å². The number of likely N-dealkylation sites (N-methyl/N-ethyl adjacent to an activating group) is 1. The van der Waals surface area contributed by atoms with Crippen molar-refractivity contribution in [1.82, 2.24) is 10.6 Å². The van der Waals surface area contributed by atoms with E-state index in [1.807, 2.05) is 6.92 Å². The average molecular weight is 254 g/mol. The molecular weight excluding hydrogens is 235 g/mol. The molecule has 100 valence electrons. The number of benzene rings is 1. The molecule has 18 heavy (non-hydrogen) atoms. The Morgan fingerprint density at radius 3 is 2.83 bits per heavy atom. The maximum absolute atomic E-state index is 13.7. The minimum Gasteiger partial charge on any atom is -0.477 e. The molecule has 0 aliphatic heterocycles. The first-order valence-corrected chi connectivity index (χ1v) is 5.96. The largest absolute Gasteiger partial charge is 0.477 e. The number of carbonyl (C=O) groups is 1. The molecule has 0 saturated heterocycles. The molecule has 0 fully saturated rings. The van der Waals surface area contributed by atoms with E-state index in [2.05, 4.69) is 10.6 Å². The number of nitrogens with one attached hydrogen (secondary N) is 2. The third kappa shape index (κ3) is 3.70. The Morgan fingerprint density at radius 2 is 2.22 bits per heavy atom. The highest BCUT2D eigenvalue weighted by Gasteiger charge is 2.18. The minimum atomic E-state index is -0.725. The zero-order chi connectivity index (χ0) is 13.5. The van der Waals surface area contributed by atoms with Crippen LogP contribution in [-0.2, 0) is 11.3 Å². The molecule has 0 aliphatic rings. The third-order valence-electron chi connectivity index (χ3n) is 2.43. The van der Waals surface area contributed by atoms with Gasteiger partial charge in [-0.1, -0.05) is 12.1 Å². The standard InChI is InChI=1S/C13H19FN2O2/c1-4-16-13(17)9(2)18-12-10(8-15-3)6-5-7-11(12)14/h5-7,9,15H,4,8H2,1-3H3,(H,16,17). The van der Waals surface area contributed by atoms with Crippen LogP contribution in [0.25, 0.3) is 0 Å². The molecule has 0 heterocycles. The highest BCUT2D eigenvalue weighted by molar-refractivity contribution is 5.80. The fourth-order valence-electron chi connectivity index (χ4n) is 1.56. The summed E-state index contributed by atoms with van der Waals surface area (Å²) in [6.45, 7) is 4.42. The van der Waals surface area contributed by atoms with Crippen molar-refractivity contribution in [3.63, 3.8) is 0 Å². The molecule has 1 rings (SSSR count). The van der Waals surface area contributed by atoms with Gasteiger partial charge in [-0.05, 0) is 27.0 Å². The van der Waals surface area contributed by atoms with Crippen LogP contribution in [0.3, 0.4) is 0 Å². The average Bonchev–Trinajstić information content (AvgIpc) is 2.34. The Kier molecular flexibility index (Phi) is 5.58. The number of halogens is 1. The summed E-state index contributed by atoms with van der Waals surface area (Å²) in [6, 6.07) is 4.70. The van der Waals surface area contributed by atoms with E-state index in [4.69, 9.17) is 4.74 Å². The van der Waals surface area contributed by atoms with Crippen LogP contribution in [0.15, 0.2) is 18.2 Å². The maximum Gasteiger partial charge on any atom is 0.260 e. The van der Waals surface area contributed by atoms with Gasteiger partial charge in [0, 0.05) is 18.7 Å². The second-order valence-corrected chi connectivity index (χ2v) is 3.91. The molecule has 0 spiro atoms. The number of hydrogen-bond acceptors (Lipinski definition) is 3. The fraction of sp³-hybridized carbons (Fsp3) is 0.462. The number of rotatable bonds is 6. The summed E-state index contributed by atoms with van der Waals surface area (Å²) in [5.74, 6) is -0.583. The third-order valence-corrected chi connectivity index (χ3v) is 2.43. The van der Waals surface area contributed by atoms with Gasteiger partial charge in [0.05, 0.1) is 0 Å². The van der Waals surface area contributed by atoms with Crippen molar-refractivity contribution in [2.24, 2.45) is 0 Å². The summed E-state index contributed by atoms with van der Waals surface area (Å²) in [7, 11) is 1.77. The summed E-state index contributed by atoms with van der Waals surface area (Å²) < 4.78 is 19.1. The maximum atomic E-state index is 13.7. The SMILES string of the molecule is CCNC(=O)C(C)Oc1c(F)cccc1CNC. The summed E-state index contributed by atoms with van der Waals surface area (Å²) in [5, 5.41) is 5.57. The van der Waals surface area contributed by atoms with E-state index in [9.17, 15) is 9.18 Å². The molecule has 1 amide bonds. The highest BCUT2D eigenvalue weighted by Crippen LogP contribution is 2.23.